The third-order valence-electron chi connectivity index (χ3n) is 4.87. The highest BCUT2D eigenvalue weighted by Crippen LogP contribution is 2.41. The number of carbonyl (C=O) groups is 2. The maximum Gasteiger partial charge on any atom is 0.344 e. The van der Waals surface area contributed by atoms with Crippen LogP contribution in [0.15, 0.2) is 66.3 Å². The van der Waals surface area contributed by atoms with Gasteiger partial charge in [0.25, 0.3) is 0 Å². The van der Waals surface area contributed by atoms with Gasteiger partial charge in [-0.15, -0.1) is 0 Å². The Morgan fingerprint density at radius 1 is 1.36 bits per heavy atom. The quantitative estimate of drug-likeness (QED) is 0.572. The Balaban J connectivity index is 2.09. The second-order valence-corrected chi connectivity index (χ2v) is 7.83. The van der Waals surface area contributed by atoms with Crippen LogP contribution in [0.25, 0.3) is 0 Å². The summed E-state index contributed by atoms with van der Waals surface area (Å²) in [7, 11) is 0. The monoisotopic (exact) mass is 384 g/mol. The second kappa shape index (κ2) is 8.57. The molecule has 0 heterocycles. The number of carbonyl (C=O) groups excluding carboxylic acids is 2. The van der Waals surface area contributed by atoms with E-state index in [0.29, 0.717) is 17.7 Å². The molecule has 0 aromatic heterocycles. The Morgan fingerprint density at radius 2 is 2.00 bits per heavy atom. The molecule has 2 rings (SSSR count). The van der Waals surface area contributed by atoms with Crippen LogP contribution in [0.4, 0.5) is 0 Å². The van der Waals surface area contributed by atoms with Crippen molar-refractivity contribution in [3.8, 4) is 5.75 Å². The fourth-order valence-electron chi connectivity index (χ4n) is 3.17. The average Bonchev–Trinajstić information content (AvgIpc) is 2.64. The summed E-state index contributed by atoms with van der Waals surface area (Å²) in [6, 6.07) is 8.95. The Bertz CT molecular complexity index is 800. The molecule has 5 heteroatoms. The lowest BCUT2D eigenvalue weighted by Gasteiger charge is -2.36. The highest BCUT2D eigenvalue weighted by atomic mass is 16.6. The summed E-state index contributed by atoms with van der Waals surface area (Å²) >= 11 is 0. The third kappa shape index (κ3) is 5.42. The molecule has 0 saturated heterocycles. The first kappa shape index (κ1) is 21.6. The van der Waals surface area contributed by atoms with Crippen molar-refractivity contribution in [3.05, 3.63) is 66.3 Å². The molecule has 0 fully saturated rings. The number of esters is 1. The Kier molecular flexibility index (Phi) is 6.62. The summed E-state index contributed by atoms with van der Waals surface area (Å²) in [5, 5.41) is 10.1. The van der Waals surface area contributed by atoms with Gasteiger partial charge in [0, 0.05) is 6.42 Å². The summed E-state index contributed by atoms with van der Waals surface area (Å²) in [5.74, 6) is -0.253. The van der Waals surface area contributed by atoms with Gasteiger partial charge >= 0.3 is 5.97 Å². The van der Waals surface area contributed by atoms with Crippen LogP contribution in [0.2, 0.25) is 0 Å². The topological polar surface area (TPSA) is 72.8 Å². The van der Waals surface area contributed by atoms with Gasteiger partial charge in [-0.1, -0.05) is 50.8 Å². The van der Waals surface area contributed by atoms with Gasteiger partial charge < -0.3 is 14.6 Å². The molecule has 0 saturated carbocycles. The largest absolute Gasteiger partial charge is 0.482 e. The SMILES string of the molecule is C=CC(C)(O)/C=C/C1=C(C)C(=O)C(OC(=O)COc2ccccc2)CC1(C)C. The van der Waals surface area contributed by atoms with Crippen LogP contribution in [-0.2, 0) is 14.3 Å². The highest BCUT2D eigenvalue weighted by molar-refractivity contribution is 6.01. The number of ketones is 1. The number of allylic oxidation sites excluding steroid dienone is 2. The number of rotatable bonds is 7. The van der Waals surface area contributed by atoms with Crippen molar-refractivity contribution in [2.75, 3.05) is 6.61 Å². The van der Waals surface area contributed by atoms with Gasteiger partial charge in [0.1, 0.15) is 5.75 Å². The van der Waals surface area contributed by atoms with E-state index in [1.807, 2.05) is 19.9 Å². The minimum atomic E-state index is -1.16. The molecule has 0 bridgehead atoms. The predicted molar refractivity (Wildman–Crippen MR) is 108 cm³/mol. The molecule has 2 unspecified atom stereocenters. The van der Waals surface area contributed by atoms with Gasteiger partial charge in [-0.3, -0.25) is 4.79 Å². The fourth-order valence-corrected chi connectivity index (χ4v) is 3.17. The molecule has 150 valence electrons. The van der Waals surface area contributed by atoms with Crippen molar-refractivity contribution in [1.29, 1.82) is 0 Å². The molecule has 0 spiro atoms. The Labute approximate surface area is 166 Å². The van der Waals surface area contributed by atoms with E-state index in [0.717, 1.165) is 5.57 Å². The van der Waals surface area contributed by atoms with E-state index in [-0.39, 0.29) is 12.4 Å². The van der Waals surface area contributed by atoms with Crippen molar-refractivity contribution in [1.82, 2.24) is 0 Å². The minimum absolute atomic E-state index is 0.231. The molecule has 0 amide bonds. The number of aliphatic hydroxyl groups is 1. The number of para-hydroxylation sites is 1. The van der Waals surface area contributed by atoms with E-state index in [2.05, 4.69) is 6.58 Å². The van der Waals surface area contributed by atoms with Crippen LogP contribution in [0, 0.1) is 5.41 Å². The van der Waals surface area contributed by atoms with Crippen molar-refractivity contribution in [2.45, 2.75) is 45.8 Å². The average molecular weight is 384 g/mol. The maximum atomic E-state index is 12.7. The molecule has 0 aliphatic heterocycles. The first-order valence-corrected chi connectivity index (χ1v) is 9.24. The van der Waals surface area contributed by atoms with E-state index in [9.17, 15) is 14.7 Å². The van der Waals surface area contributed by atoms with Crippen LogP contribution in [-0.4, -0.2) is 35.2 Å². The molecular weight excluding hydrogens is 356 g/mol. The fraction of sp³-hybridized carbons (Fsp3) is 0.391. The molecule has 1 aromatic rings. The smallest absolute Gasteiger partial charge is 0.344 e. The number of hydrogen-bond donors (Lipinski definition) is 1. The lowest BCUT2D eigenvalue weighted by Crippen LogP contribution is -2.39. The summed E-state index contributed by atoms with van der Waals surface area (Å²) in [5.41, 5.74) is -0.233. The van der Waals surface area contributed by atoms with Gasteiger partial charge in [-0.05, 0) is 48.6 Å². The summed E-state index contributed by atoms with van der Waals surface area (Å²) in [6.45, 7) is 10.6. The van der Waals surface area contributed by atoms with E-state index >= 15 is 0 Å². The number of ether oxygens (including phenoxy) is 2. The molecule has 1 N–H and O–H groups in total. The van der Waals surface area contributed by atoms with Gasteiger partial charge in [0.05, 0.1) is 5.60 Å². The third-order valence-corrected chi connectivity index (χ3v) is 4.87. The molecule has 1 aromatic carbocycles. The van der Waals surface area contributed by atoms with Gasteiger partial charge in [-0.25, -0.2) is 4.79 Å². The van der Waals surface area contributed by atoms with Crippen LogP contribution in [0.5, 0.6) is 5.75 Å². The Morgan fingerprint density at radius 3 is 2.61 bits per heavy atom. The lowest BCUT2D eigenvalue weighted by molar-refractivity contribution is -0.158. The second-order valence-electron chi connectivity index (χ2n) is 7.83. The van der Waals surface area contributed by atoms with Crippen molar-refractivity contribution in [3.63, 3.8) is 0 Å². The molecular formula is C23H28O5. The molecule has 5 nitrogen and oxygen atoms in total. The van der Waals surface area contributed by atoms with E-state index < -0.39 is 23.1 Å². The zero-order valence-corrected chi connectivity index (χ0v) is 16.9. The zero-order valence-electron chi connectivity index (χ0n) is 16.9. The van der Waals surface area contributed by atoms with Gasteiger partial charge in [0.15, 0.2) is 18.5 Å². The van der Waals surface area contributed by atoms with E-state index in [1.54, 1.807) is 50.3 Å². The predicted octanol–water partition coefficient (Wildman–Crippen LogP) is 3.79. The zero-order chi connectivity index (χ0) is 20.9. The first-order chi connectivity index (χ1) is 13.1. The summed E-state index contributed by atoms with van der Waals surface area (Å²) in [6.07, 6.45) is 4.29. The lowest BCUT2D eigenvalue weighted by atomic mass is 9.70. The van der Waals surface area contributed by atoms with E-state index in [4.69, 9.17) is 9.47 Å². The van der Waals surface area contributed by atoms with Crippen molar-refractivity contribution >= 4 is 11.8 Å². The molecule has 0 radical (unpaired) electrons. The Hall–Kier alpha value is -2.66. The molecule has 1 aliphatic rings. The molecule has 1 aliphatic carbocycles. The highest BCUT2D eigenvalue weighted by Gasteiger charge is 2.40. The van der Waals surface area contributed by atoms with E-state index in [1.165, 1.54) is 6.08 Å². The van der Waals surface area contributed by atoms with Crippen LogP contribution >= 0.6 is 0 Å². The van der Waals surface area contributed by atoms with Gasteiger partial charge in [0.2, 0.25) is 0 Å². The summed E-state index contributed by atoms with van der Waals surface area (Å²) in [4.78, 5) is 24.9. The first-order valence-electron chi connectivity index (χ1n) is 9.24. The van der Waals surface area contributed by atoms with Crippen LogP contribution in [0.1, 0.15) is 34.1 Å². The number of benzene rings is 1. The van der Waals surface area contributed by atoms with Crippen LogP contribution in [0.3, 0.4) is 0 Å². The normalized spacial score (nSPS) is 21.3. The number of hydrogen-bond acceptors (Lipinski definition) is 5. The van der Waals surface area contributed by atoms with Gasteiger partial charge in [-0.2, -0.15) is 0 Å². The summed E-state index contributed by atoms with van der Waals surface area (Å²) < 4.78 is 10.8. The molecule has 2 atom stereocenters. The van der Waals surface area contributed by atoms with Crippen molar-refractivity contribution in [2.24, 2.45) is 5.41 Å². The maximum absolute atomic E-state index is 12.7. The standard InChI is InChI=1S/C23H28O5/c1-6-23(5,26)13-12-18-16(2)21(25)19(14-22(18,3)4)28-20(24)15-27-17-10-8-7-9-11-17/h6-13,19,26H,1,14-15H2,2-5H3/b13-12+. The number of Topliss-reactive ketones (excluding diaryl/α,β-unsaturated/α-hetero) is 1. The van der Waals surface area contributed by atoms with Crippen LogP contribution < -0.4 is 4.74 Å². The molecule has 28 heavy (non-hydrogen) atoms. The minimum Gasteiger partial charge on any atom is -0.482 e. The van der Waals surface area contributed by atoms with Crippen molar-refractivity contribution < 1.29 is 24.2 Å².